The highest BCUT2D eigenvalue weighted by molar-refractivity contribution is 6.33. The second-order valence-electron chi connectivity index (χ2n) is 29.0. The molecule has 20 aromatic rings. The van der Waals surface area contributed by atoms with Crippen molar-refractivity contribution in [3.8, 4) is 0 Å². The zero-order chi connectivity index (χ0) is 78.4. The molecule has 20 nitrogen and oxygen atoms in total. The normalized spacial score (nSPS) is 11.9. The number of fused-ring (bicyclic) bond motifs is 8. The lowest BCUT2D eigenvalue weighted by Gasteiger charge is -2.36. The molecule has 0 fully saturated rings. The van der Waals surface area contributed by atoms with Crippen LogP contribution in [0.3, 0.4) is 0 Å². The molecule has 20 rings (SSSR count). The van der Waals surface area contributed by atoms with Crippen molar-refractivity contribution in [2.75, 3.05) is 19.6 Å². The number of aromatic nitrogens is 16. The molecule has 0 unspecified atom stereocenters. The van der Waals surface area contributed by atoms with E-state index in [1.54, 1.807) is 0 Å². The fourth-order valence-electron chi connectivity index (χ4n) is 18.3. The van der Waals surface area contributed by atoms with Gasteiger partial charge in [0.25, 0.3) is 0 Å². The van der Waals surface area contributed by atoms with Gasteiger partial charge < -0.3 is 19.6 Å². The van der Waals surface area contributed by atoms with Gasteiger partial charge in [0.2, 0.25) is 0 Å². The Kier molecular flexibility index (Phi) is 17.7. The molecule has 0 saturated carbocycles. The van der Waals surface area contributed by atoms with E-state index in [-0.39, 0.29) is 0 Å². The molecule has 0 atom stereocenters. The van der Waals surface area contributed by atoms with Gasteiger partial charge in [-0.15, -0.1) is 0 Å². The average Bonchev–Trinajstić information content (AvgIpc) is 0.692. The molecule has 16 aromatic heterocycles. The lowest BCUT2D eigenvalue weighted by atomic mass is 9.88. The lowest BCUT2D eigenvalue weighted by molar-refractivity contribution is 1.07. The summed E-state index contributed by atoms with van der Waals surface area (Å²) in [4.78, 5) is 91.8. The Morgan fingerprint density at radius 1 is 0.172 bits per heavy atom. The van der Waals surface area contributed by atoms with E-state index >= 15 is 0 Å². The summed E-state index contributed by atoms with van der Waals surface area (Å²) >= 11 is 0. The molecular formula is C96H78N20. The van der Waals surface area contributed by atoms with Crippen LogP contribution in [0.15, 0.2) is 233 Å². The van der Waals surface area contributed by atoms with Crippen molar-refractivity contribution in [3.05, 3.63) is 277 Å². The Labute approximate surface area is 668 Å². The van der Waals surface area contributed by atoms with Gasteiger partial charge in [-0.1, -0.05) is 79.7 Å². The van der Waals surface area contributed by atoms with Crippen LogP contribution in [0.2, 0.25) is 0 Å². The van der Waals surface area contributed by atoms with Crippen molar-refractivity contribution in [2.45, 2.75) is 107 Å². The molecule has 0 aliphatic rings. The van der Waals surface area contributed by atoms with Gasteiger partial charge >= 0.3 is 0 Å². The summed E-state index contributed by atoms with van der Waals surface area (Å²) < 4.78 is 0. The first-order valence-electron chi connectivity index (χ1n) is 40.1. The van der Waals surface area contributed by atoms with E-state index in [9.17, 15) is 0 Å². The van der Waals surface area contributed by atoms with E-state index in [4.69, 9.17) is 79.7 Å². The number of hydrogen-bond acceptors (Lipinski definition) is 20. The predicted molar refractivity (Wildman–Crippen MR) is 469 cm³/mol. The van der Waals surface area contributed by atoms with Crippen molar-refractivity contribution >= 4 is 189 Å². The minimum absolute atomic E-state index is 0.634. The van der Waals surface area contributed by atoms with Gasteiger partial charge in [0.1, 0.15) is 0 Å². The molecule has 0 amide bonds. The van der Waals surface area contributed by atoms with Crippen LogP contribution < -0.4 is 19.6 Å². The fourth-order valence-corrected chi connectivity index (χ4v) is 18.3. The van der Waals surface area contributed by atoms with Crippen molar-refractivity contribution < 1.29 is 0 Å². The molecular weight excluding hydrogens is 1430 g/mol. The molecule has 4 aromatic carbocycles. The average molecular weight is 1510 g/mol. The minimum Gasteiger partial charge on any atom is -0.306 e. The van der Waals surface area contributed by atoms with Gasteiger partial charge in [-0.05, 0) is 205 Å². The molecule has 20 heteroatoms. The monoisotopic (exact) mass is 1510 g/mol. The van der Waals surface area contributed by atoms with Crippen LogP contribution in [0.25, 0.3) is 121 Å². The smallest absolute Gasteiger partial charge is 0.159 e. The van der Waals surface area contributed by atoms with Crippen LogP contribution in [-0.4, -0.2) is 79.7 Å². The SMILES string of the molecule is CCc1c(N(c2cnc3ncccc3c2CC)c2cc(N(c3cnc4ncccc4c3CC)c3cnc4ncccc4c3CC)c3ccc4c(N(c5cnc6ncccc6c5CC)c5cnc6ncccc6c5CC)cc(N(c5cnc6ncccc6c5CC)c5cnc6ncccc6c5CC)c5ccc2c3c54)cnc2ncccc12. The van der Waals surface area contributed by atoms with E-state index in [0.717, 1.165) is 188 Å². The summed E-state index contributed by atoms with van der Waals surface area (Å²) in [7, 11) is 0. The standard InChI is InChI=1S/C96H78N20/c1-9-55-63-25-17-37-97-89(63)105-47-79(55)113(80-48-106-90-64(56(80)10-2)26-18-38-98-90)75-45-76(114(81-49-107-91-65(57(81)11-3)27-19-39-99-91)82-50-108-92-66(58(82)12-4)28-20-40-100-92)72-35-36-74-78(116(85-53-111-95-69(61(85)15-7)31-23-43-103-95)86-54-112-96-70(62(86)16-8)32-24-44-104-96)46-77(73-34-33-71(75)87(72)88(73)74)115(83-51-109-93-67(59(83)13-5)29-21-41-101-93)84-52-110-94-68(60(84)14-6)30-22-42-102-94/h17-54H,9-16H2,1-8H3. The van der Waals surface area contributed by atoms with Crippen LogP contribution in [0.4, 0.5) is 68.2 Å². The van der Waals surface area contributed by atoms with Crippen molar-refractivity contribution in [2.24, 2.45) is 0 Å². The second kappa shape index (κ2) is 29.0. The number of rotatable bonds is 20. The summed E-state index contributed by atoms with van der Waals surface area (Å²) in [5, 5.41) is 13.3. The summed E-state index contributed by atoms with van der Waals surface area (Å²) in [5.74, 6) is 0. The number of pyridine rings is 16. The summed E-state index contributed by atoms with van der Waals surface area (Å²) in [6.07, 6.45) is 35.7. The summed E-state index contributed by atoms with van der Waals surface area (Å²) in [5.41, 5.74) is 24.0. The first kappa shape index (κ1) is 70.7. The third-order valence-corrected chi connectivity index (χ3v) is 23.4. The molecule has 0 saturated heterocycles. The van der Waals surface area contributed by atoms with Crippen LogP contribution >= 0.6 is 0 Å². The molecule has 0 N–H and O–H groups in total. The first-order chi connectivity index (χ1) is 57.3. The second-order valence-corrected chi connectivity index (χ2v) is 29.0. The number of nitrogens with zero attached hydrogens (tertiary/aromatic N) is 20. The van der Waals surface area contributed by atoms with Gasteiger partial charge in [-0.3, -0.25) is 0 Å². The Morgan fingerprint density at radius 2 is 0.319 bits per heavy atom. The molecule has 0 aliphatic heterocycles. The number of hydrogen-bond donors (Lipinski definition) is 0. The Bertz CT molecular complexity index is 6150. The highest BCUT2D eigenvalue weighted by atomic mass is 15.2. The molecule has 16 heterocycles. The highest BCUT2D eigenvalue weighted by Gasteiger charge is 2.35. The number of aryl methyl sites for hydroxylation is 8. The summed E-state index contributed by atoms with van der Waals surface area (Å²) in [6, 6.07) is 47.4. The molecule has 0 aliphatic carbocycles. The fraction of sp³-hybridized carbons (Fsp3) is 0.167. The zero-order valence-electron chi connectivity index (χ0n) is 65.5. The zero-order valence-corrected chi connectivity index (χ0v) is 65.5. The Hall–Kier alpha value is -14.4. The van der Waals surface area contributed by atoms with Gasteiger partial charge in [0.05, 0.1) is 118 Å². The molecule has 562 valence electrons. The Balaban J connectivity index is 1.05. The molecule has 116 heavy (non-hydrogen) atoms. The minimum atomic E-state index is 0.634. The third kappa shape index (κ3) is 11.1. The lowest BCUT2D eigenvalue weighted by Crippen LogP contribution is -2.20. The van der Waals surface area contributed by atoms with Gasteiger partial charge in [-0.25, -0.2) is 79.7 Å². The maximum absolute atomic E-state index is 5.33. The van der Waals surface area contributed by atoms with Gasteiger partial charge in [0.15, 0.2) is 45.2 Å². The van der Waals surface area contributed by atoms with Crippen molar-refractivity contribution in [3.63, 3.8) is 0 Å². The van der Waals surface area contributed by atoms with E-state index < -0.39 is 0 Å². The van der Waals surface area contributed by atoms with Crippen LogP contribution in [-0.2, 0) is 51.4 Å². The van der Waals surface area contributed by atoms with Crippen LogP contribution in [0.5, 0.6) is 0 Å². The molecule has 0 spiro atoms. The van der Waals surface area contributed by atoms with E-state index in [1.807, 2.05) is 148 Å². The Morgan fingerprint density at radius 3 is 0.457 bits per heavy atom. The van der Waals surface area contributed by atoms with Crippen LogP contribution in [0, 0.1) is 0 Å². The van der Waals surface area contributed by atoms with Crippen LogP contribution in [0.1, 0.15) is 99.9 Å². The number of benzene rings is 4. The van der Waals surface area contributed by atoms with E-state index in [1.165, 1.54) is 0 Å². The van der Waals surface area contributed by atoms with E-state index in [2.05, 4.69) is 160 Å². The topological polar surface area (TPSA) is 219 Å². The van der Waals surface area contributed by atoms with E-state index in [0.29, 0.717) is 96.5 Å². The van der Waals surface area contributed by atoms with Gasteiger partial charge in [0, 0.05) is 125 Å². The third-order valence-electron chi connectivity index (χ3n) is 23.4. The molecule has 0 bridgehead atoms. The quantitative estimate of drug-likeness (QED) is 0.0648. The molecule has 0 radical (unpaired) electrons. The van der Waals surface area contributed by atoms with Crippen molar-refractivity contribution in [1.82, 2.24) is 79.7 Å². The summed E-state index contributed by atoms with van der Waals surface area (Å²) in [6.45, 7) is 17.8. The first-order valence-corrected chi connectivity index (χ1v) is 40.1. The van der Waals surface area contributed by atoms with Crippen molar-refractivity contribution in [1.29, 1.82) is 0 Å². The maximum atomic E-state index is 5.33. The predicted octanol–water partition coefficient (Wildman–Crippen LogP) is 22.5. The maximum Gasteiger partial charge on any atom is 0.159 e. The van der Waals surface area contributed by atoms with Gasteiger partial charge in [-0.2, -0.15) is 0 Å². The number of anilines is 12. The largest absolute Gasteiger partial charge is 0.306 e. The highest BCUT2D eigenvalue weighted by Crippen LogP contribution is 2.58.